The molecule has 2 aromatic rings. The van der Waals surface area contributed by atoms with Crippen LogP contribution in [0.1, 0.15) is 0 Å². The van der Waals surface area contributed by atoms with Crippen molar-refractivity contribution in [3.8, 4) is 0 Å². The molecule has 0 bridgehead atoms. The number of carbonyl (C=O) groups is 6. The number of aromatic nitrogens is 2. The number of nitrogens with zero attached hydrogens (tertiary/aromatic N) is 2. The first kappa shape index (κ1) is 51.3. The molecule has 2 heterocycles. The third-order valence-electron chi connectivity index (χ3n) is 1.80. The van der Waals surface area contributed by atoms with Gasteiger partial charge in [-0.3, -0.25) is 9.97 Å². The number of rotatable bonds is 0. The van der Waals surface area contributed by atoms with Crippen molar-refractivity contribution in [3.05, 3.63) is 49.1 Å². The zero-order valence-corrected chi connectivity index (χ0v) is 23.5. The van der Waals surface area contributed by atoms with Crippen LogP contribution in [0.3, 0.4) is 0 Å². The van der Waals surface area contributed by atoms with Crippen molar-refractivity contribution in [2.24, 2.45) is 0 Å². The van der Waals surface area contributed by atoms with E-state index in [1.54, 1.807) is 49.1 Å². The van der Waals surface area contributed by atoms with E-state index in [4.69, 9.17) is 84.7 Å². The van der Waals surface area contributed by atoms with Crippen LogP contribution in [0.5, 0.6) is 0 Å². The molecule has 0 amide bonds. The Kier molecular flexibility index (Phi) is 48.0. The van der Waals surface area contributed by atoms with Crippen molar-refractivity contribution in [1.29, 1.82) is 0 Å². The molecule has 2 radical (unpaired) electrons. The van der Waals surface area contributed by atoms with Gasteiger partial charge in [-0.15, -0.1) is 0 Å². The second-order valence-corrected chi connectivity index (χ2v) is 5.03. The van der Waals surface area contributed by atoms with Gasteiger partial charge in [-0.1, -0.05) is 24.3 Å². The maximum atomic E-state index is 8.93. The first-order valence-corrected chi connectivity index (χ1v) is 7.95. The molecule has 0 fully saturated rings. The Labute approximate surface area is 294 Å². The summed E-state index contributed by atoms with van der Waals surface area (Å²) >= 11 is 9.54. The van der Waals surface area contributed by atoms with E-state index in [-0.39, 0.29) is 110 Å². The molecule has 2 aromatic heterocycles. The third kappa shape index (κ3) is 46.0. The summed E-state index contributed by atoms with van der Waals surface area (Å²) in [5.74, 6) is -13.1. The number of pyridine rings is 2. The van der Waals surface area contributed by atoms with Gasteiger partial charge in [0.15, 0.2) is 0 Å². The Morgan fingerprint density at radius 3 is 0.667 bits per heavy atom. The van der Waals surface area contributed by atoms with Crippen molar-refractivity contribution in [3.63, 3.8) is 0 Å². The predicted molar refractivity (Wildman–Crippen MR) is 97.0 cm³/mol. The topological polar surface area (TPSA) is 330 Å². The summed E-state index contributed by atoms with van der Waals surface area (Å²) in [6.07, 6.45) is 6.73. The maximum absolute atomic E-state index is 8.93. The van der Waals surface area contributed by atoms with Gasteiger partial charge in [-0.25, -0.2) is 0 Å². The third-order valence-corrected chi connectivity index (χ3v) is 2.34. The Balaban J connectivity index is -0.0000000570. The van der Waals surface area contributed by atoms with Crippen molar-refractivity contribution in [2.45, 2.75) is 9.79 Å². The average Bonchev–Trinajstić information content (AvgIpc) is 2.71. The van der Waals surface area contributed by atoms with Gasteiger partial charge in [0.25, 0.3) is 0 Å². The summed E-state index contributed by atoms with van der Waals surface area (Å²) < 4.78 is 0. The second kappa shape index (κ2) is 33.6. The van der Waals surface area contributed by atoms with E-state index in [1.165, 1.54) is 0 Å². The summed E-state index contributed by atoms with van der Waals surface area (Å²) in [6, 6.07) is 7.15. The number of hydrogen-bond acceptors (Lipinski definition) is 16. The molecular formula is C16H12Eu2N2O14S2-8. The fourth-order valence-electron chi connectivity index (χ4n) is 0.676. The molecule has 0 atom stereocenters. The number of aliphatic carboxylic acids is 6. The molecule has 0 spiro atoms. The van der Waals surface area contributed by atoms with Gasteiger partial charge in [0, 0.05) is 124 Å². The normalized spacial score (nSPS) is 7.00. The fourth-order valence-corrected chi connectivity index (χ4v) is 0.920. The number of hydrogen-bond donors (Lipinski definition) is 0. The van der Waals surface area contributed by atoms with Gasteiger partial charge >= 0.3 is 0 Å². The molecule has 0 aliphatic rings. The first-order valence-electron chi connectivity index (χ1n) is 7.13. The van der Waals surface area contributed by atoms with E-state index < -0.39 is 35.8 Å². The Morgan fingerprint density at radius 1 is 0.472 bits per heavy atom. The molecule has 4 N–H and O–H groups in total. The van der Waals surface area contributed by atoms with Crippen LogP contribution in [0.15, 0.2) is 58.8 Å². The molecule has 0 aliphatic heterocycles. The smallest absolute Gasteiger partial charge is 0.0870 e. The van der Waals surface area contributed by atoms with Crippen LogP contribution < -0.4 is 30.6 Å². The second-order valence-electron chi connectivity index (χ2n) is 4.09. The fraction of sp³-hybridized carbons (Fsp3) is 0. The average molecular weight is 824 g/mol. The van der Waals surface area contributed by atoms with Gasteiger partial charge in [-0.2, -0.15) is 9.79 Å². The minimum atomic E-state index is -2.19. The predicted octanol–water partition coefficient (Wildman–Crippen LogP) is -10.2. The zero-order valence-electron chi connectivity index (χ0n) is 17.0. The molecule has 0 aromatic carbocycles. The van der Waals surface area contributed by atoms with E-state index in [9.17, 15) is 0 Å². The summed E-state index contributed by atoms with van der Waals surface area (Å²) in [4.78, 5) is 62.8. The largest absolute Gasteiger partial charge is 0.780 e. The minimum absolute atomic E-state index is 0. The summed E-state index contributed by atoms with van der Waals surface area (Å²) in [5, 5.41) is 53.6. The molecule has 0 saturated carbocycles. The molecule has 36 heavy (non-hydrogen) atoms. The van der Waals surface area contributed by atoms with E-state index >= 15 is 0 Å². The van der Waals surface area contributed by atoms with Crippen LogP contribution in [-0.2, 0) is 54.0 Å². The van der Waals surface area contributed by atoms with Gasteiger partial charge in [0.05, 0.1) is 35.8 Å². The van der Waals surface area contributed by atoms with E-state index in [2.05, 4.69) is 9.97 Å². The van der Waals surface area contributed by atoms with Crippen molar-refractivity contribution < 1.29 is 169 Å². The summed E-state index contributed by atoms with van der Waals surface area (Å²) in [5.41, 5.74) is 0. The first-order chi connectivity index (χ1) is 14.7. The van der Waals surface area contributed by atoms with Crippen LogP contribution in [0, 0.1) is 98.8 Å². The number of carboxylic acid groups (broad SMARTS) is 6. The molecule has 2 rings (SSSR count). The summed E-state index contributed by atoms with van der Waals surface area (Å²) in [7, 11) is 0. The molecule has 0 aliphatic carbocycles. The monoisotopic (exact) mass is 826 g/mol. The van der Waals surface area contributed by atoms with Crippen LogP contribution in [0.2, 0.25) is 0 Å². The van der Waals surface area contributed by atoms with Crippen LogP contribution in [0.25, 0.3) is 0 Å². The Bertz CT molecular complexity index is 762. The van der Waals surface area contributed by atoms with Gasteiger partial charge < -0.3 is 95.6 Å². The molecule has 20 heteroatoms. The quantitative estimate of drug-likeness (QED) is 0.176. The molecular weight excluding hydrogens is 812 g/mol. The molecule has 0 saturated heterocycles. The van der Waals surface area contributed by atoms with Crippen LogP contribution in [-0.4, -0.2) is 56.7 Å². The van der Waals surface area contributed by atoms with Gasteiger partial charge in [0.2, 0.25) is 0 Å². The molecule has 16 nitrogen and oxygen atoms in total. The molecule has 204 valence electrons. The standard InChI is InChI=1S/2C5H5NS.3C2H2O4.2Eu.2H2O/c2*7-5-1-3-6-4-2-5;3*3-1(4)2(5)6;;;;/h2*1-4H,(H,6,7);3*(H,3,4)(H,5,6);;;2*1H2/p-8. The number of carboxylic acids is 6. The Morgan fingerprint density at radius 2 is 0.611 bits per heavy atom. The number of carbonyl (C=O) groups excluding carboxylic acids is 6. The molecule has 0 unspecified atom stereocenters. The van der Waals surface area contributed by atoms with Crippen molar-refractivity contribution >= 4 is 61.1 Å². The minimum Gasteiger partial charge on any atom is -0.780 e. The maximum Gasteiger partial charge on any atom is 0.0870 e. The van der Waals surface area contributed by atoms with E-state index in [1.807, 2.05) is 0 Å². The summed E-state index contributed by atoms with van der Waals surface area (Å²) in [6.45, 7) is 0. The van der Waals surface area contributed by atoms with E-state index in [0.717, 1.165) is 9.79 Å². The van der Waals surface area contributed by atoms with Crippen LogP contribution >= 0.6 is 0 Å². The Hall–Kier alpha value is -1.35. The van der Waals surface area contributed by atoms with Gasteiger partial charge in [-0.05, 0) is 0 Å². The van der Waals surface area contributed by atoms with Crippen LogP contribution in [0.4, 0.5) is 0 Å². The van der Waals surface area contributed by atoms with Gasteiger partial charge in [0.1, 0.15) is 0 Å². The van der Waals surface area contributed by atoms with E-state index in [0.29, 0.717) is 0 Å². The van der Waals surface area contributed by atoms with Crippen molar-refractivity contribution in [1.82, 2.24) is 9.97 Å². The SMILES string of the molecule is O.O.O=C([O-])C(=O)[O-].O=C([O-])C(=O)[O-].O=C([O-])C(=O)[O-].[Eu].[Eu].[S-]c1ccncc1.[S-]c1ccncc1. The zero-order chi connectivity index (χ0) is 25.7. The van der Waals surface area contributed by atoms with Crippen molar-refractivity contribution in [2.75, 3.05) is 0 Å².